The van der Waals surface area contributed by atoms with Gasteiger partial charge in [-0.25, -0.2) is 9.97 Å². The first-order valence-electron chi connectivity index (χ1n) is 11.5. The van der Waals surface area contributed by atoms with Gasteiger partial charge in [-0.2, -0.15) is 0 Å². The molecule has 3 aromatic rings. The third-order valence-electron chi connectivity index (χ3n) is 6.45. The molecule has 2 amide bonds. The topological polar surface area (TPSA) is 69.6 Å². The molecule has 1 aromatic heterocycles. The number of amides is 2. The summed E-state index contributed by atoms with van der Waals surface area (Å²) in [4.78, 5) is 39.6. The summed E-state index contributed by atoms with van der Waals surface area (Å²) in [5.41, 5.74) is 5.10. The Labute approximate surface area is 193 Å². The monoisotopic (exact) mass is 441 g/mol. The van der Waals surface area contributed by atoms with Gasteiger partial charge in [0, 0.05) is 62.8 Å². The number of piperazine rings is 1. The number of rotatable bonds is 4. The molecule has 0 aliphatic carbocycles. The zero-order valence-corrected chi connectivity index (χ0v) is 18.8. The molecule has 0 bridgehead atoms. The molecule has 7 heteroatoms. The molecule has 5 rings (SSSR count). The van der Waals surface area contributed by atoms with E-state index >= 15 is 0 Å². The normalized spacial score (nSPS) is 15.5. The van der Waals surface area contributed by atoms with E-state index < -0.39 is 0 Å². The highest BCUT2D eigenvalue weighted by Gasteiger charge is 2.25. The van der Waals surface area contributed by atoms with Crippen molar-refractivity contribution < 1.29 is 9.59 Å². The molecular weight excluding hydrogens is 414 g/mol. The lowest BCUT2D eigenvalue weighted by molar-refractivity contribution is -0.118. The minimum atomic E-state index is 0.0536. The number of carbonyl (C=O) groups excluding carboxylic acids is 2. The van der Waals surface area contributed by atoms with E-state index in [1.807, 2.05) is 47.1 Å². The zero-order chi connectivity index (χ0) is 22.8. The first-order valence-corrected chi connectivity index (χ1v) is 11.5. The van der Waals surface area contributed by atoms with Crippen molar-refractivity contribution in [3.05, 3.63) is 72.1 Å². The fraction of sp³-hybridized carbons (Fsp3) is 0.308. The van der Waals surface area contributed by atoms with Crippen LogP contribution in [0.3, 0.4) is 0 Å². The number of benzene rings is 2. The van der Waals surface area contributed by atoms with Crippen LogP contribution in [0.1, 0.15) is 29.3 Å². The van der Waals surface area contributed by atoms with Crippen LogP contribution in [0, 0.1) is 0 Å². The Morgan fingerprint density at radius 3 is 2.27 bits per heavy atom. The third-order valence-corrected chi connectivity index (χ3v) is 6.45. The Morgan fingerprint density at radius 1 is 0.879 bits per heavy atom. The fourth-order valence-corrected chi connectivity index (χ4v) is 4.58. The highest BCUT2D eigenvalue weighted by Crippen LogP contribution is 2.33. The average molecular weight is 442 g/mol. The number of hydrogen-bond donors (Lipinski definition) is 0. The first-order chi connectivity index (χ1) is 16.1. The molecule has 0 atom stereocenters. The van der Waals surface area contributed by atoms with Crippen LogP contribution in [-0.2, 0) is 11.2 Å². The molecule has 1 fully saturated rings. The lowest BCUT2D eigenvalue weighted by Gasteiger charge is -2.34. The summed E-state index contributed by atoms with van der Waals surface area (Å²) in [6, 6.07) is 15.9. The van der Waals surface area contributed by atoms with Gasteiger partial charge in [0.05, 0.1) is 0 Å². The third kappa shape index (κ3) is 4.18. The largest absolute Gasteiger partial charge is 0.337 e. The van der Waals surface area contributed by atoms with Crippen molar-refractivity contribution in [3.8, 4) is 11.1 Å². The number of anilines is 2. The van der Waals surface area contributed by atoms with E-state index in [2.05, 4.69) is 27.0 Å². The predicted octanol–water partition coefficient (Wildman–Crippen LogP) is 3.41. The van der Waals surface area contributed by atoms with E-state index in [1.54, 1.807) is 18.5 Å². The summed E-state index contributed by atoms with van der Waals surface area (Å²) < 4.78 is 0. The second-order valence-electron chi connectivity index (χ2n) is 8.40. The molecule has 0 spiro atoms. The van der Waals surface area contributed by atoms with Gasteiger partial charge in [0.15, 0.2) is 0 Å². The maximum atomic E-state index is 13.0. The van der Waals surface area contributed by atoms with E-state index in [0.29, 0.717) is 31.0 Å². The van der Waals surface area contributed by atoms with Crippen molar-refractivity contribution in [2.45, 2.75) is 19.8 Å². The SMILES string of the molecule is CCC(=O)N1CCc2cc(-c3ccc(C(=O)N4CCN(c5ncccn5)CC4)cc3)ccc21. The minimum absolute atomic E-state index is 0.0536. The van der Waals surface area contributed by atoms with Crippen LogP contribution >= 0.6 is 0 Å². The Morgan fingerprint density at radius 2 is 1.58 bits per heavy atom. The Bertz CT molecular complexity index is 1160. The number of nitrogens with zero attached hydrogens (tertiary/aromatic N) is 5. The molecule has 3 heterocycles. The van der Waals surface area contributed by atoms with Gasteiger partial charge in [0.1, 0.15) is 0 Å². The highest BCUT2D eigenvalue weighted by atomic mass is 16.2. The molecular formula is C26H27N5O2. The lowest BCUT2D eigenvalue weighted by Crippen LogP contribution is -2.49. The Hall–Kier alpha value is -3.74. The highest BCUT2D eigenvalue weighted by molar-refractivity contribution is 5.96. The number of carbonyl (C=O) groups is 2. The van der Waals surface area contributed by atoms with Gasteiger partial charge in [-0.05, 0) is 53.4 Å². The maximum Gasteiger partial charge on any atom is 0.253 e. The number of fused-ring (bicyclic) bond motifs is 1. The summed E-state index contributed by atoms with van der Waals surface area (Å²) in [6.45, 7) is 5.39. The van der Waals surface area contributed by atoms with E-state index in [0.717, 1.165) is 42.9 Å². The standard InChI is InChI=1S/C26H27N5O2/c1-2-24(32)31-13-10-22-18-21(8-9-23(22)31)19-4-6-20(7-5-19)25(33)29-14-16-30(17-15-29)26-27-11-3-12-28-26/h3-9,11-12,18H,2,10,13-17H2,1H3. The summed E-state index contributed by atoms with van der Waals surface area (Å²) >= 11 is 0. The van der Waals surface area contributed by atoms with E-state index in [1.165, 1.54) is 5.56 Å². The molecule has 0 saturated carbocycles. The van der Waals surface area contributed by atoms with Crippen LogP contribution in [-0.4, -0.2) is 59.4 Å². The first kappa shape index (κ1) is 21.1. The van der Waals surface area contributed by atoms with Crippen molar-refractivity contribution in [2.75, 3.05) is 42.5 Å². The fourth-order valence-electron chi connectivity index (χ4n) is 4.58. The van der Waals surface area contributed by atoms with Crippen LogP contribution < -0.4 is 9.80 Å². The molecule has 0 N–H and O–H groups in total. The molecule has 0 radical (unpaired) electrons. The van der Waals surface area contributed by atoms with Gasteiger partial charge in [-0.3, -0.25) is 9.59 Å². The van der Waals surface area contributed by atoms with Crippen LogP contribution in [0.4, 0.5) is 11.6 Å². The molecule has 33 heavy (non-hydrogen) atoms. The van der Waals surface area contributed by atoms with E-state index in [-0.39, 0.29) is 11.8 Å². The Balaban J connectivity index is 1.25. The van der Waals surface area contributed by atoms with Gasteiger partial charge in [0.2, 0.25) is 11.9 Å². The lowest BCUT2D eigenvalue weighted by atomic mass is 10.00. The second kappa shape index (κ2) is 9.02. The van der Waals surface area contributed by atoms with E-state index in [9.17, 15) is 9.59 Å². The van der Waals surface area contributed by atoms with Gasteiger partial charge in [-0.1, -0.05) is 25.1 Å². The summed E-state index contributed by atoms with van der Waals surface area (Å²) in [5, 5.41) is 0. The van der Waals surface area contributed by atoms with Crippen LogP contribution in [0.2, 0.25) is 0 Å². The Kier molecular flexibility index (Phi) is 5.77. The van der Waals surface area contributed by atoms with Crippen molar-refractivity contribution in [1.29, 1.82) is 0 Å². The van der Waals surface area contributed by atoms with Gasteiger partial charge in [0.25, 0.3) is 5.91 Å². The summed E-state index contributed by atoms with van der Waals surface area (Å²) in [7, 11) is 0. The van der Waals surface area contributed by atoms with Gasteiger partial charge in [-0.15, -0.1) is 0 Å². The molecule has 2 aromatic carbocycles. The smallest absolute Gasteiger partial charge is 0.253 e. The van der Waals surface area contributed by atoms with E-state index in [4.69, 9.17) is 0 Å². The number of aromatic nitrogens is 2. The predicted molar refractivity (Wildman–Crippen MR) is 128 cm³/mol. The molecule has 0 unspecified atom stereocenters. The summed E-state index contributed by atoms with van der Waals surface area (Å²) in [6.07, 6.45) is 4.88. The van der Waals surface area contributed by atoms with Gasteiger partial charge < -0.3 is 14.7 Å². The van der Waals surface area contributed by atoms with Crippen LogP contribution in [0.15, 0.2) is 60.9 Å². The maximum absolute atomic E-state index is 13.0. The molecule has 168 valence electrons. The van der Waals surface area contributed by atoms with Crippen molar-refractivity contribution in [3.63, 3.8) is 0 Å². The number of hydrogen-bond acceptors (Lipinski definition) is 5. The molecule has 2 aliphatic rings. The zero-order valence-electron chi connectivity index (χ0n) is 18.8. The quantitative estimate of drug-likeness (QED) is 0.621. The second-order valence-corrected chi connectivity index (χ2v) is 8.40. The molecule has 1 saturated heterocycles. The van der Waals surface area contributed by atoms with Crippen LogP contribution in [0.5, 0.6) is 0 Å². The molecule has 2 aliphatic heterocycles. The summed E-state index contributed by atoms with van der Waals surface area (Å²) in [5.74, 6) is 0.935. The van der Waals surface area contributed by atoms with Gasteiger partial charge >= 0.3 is 0 Å². The minimum Gasteiger partial charge on any atom is -0.337 e. The van der Waals surface area contributed by atoms with Crippen molar-refractivity contribution >= 4 is 23.5 Å². The van der Waals surface area contributed by atoms with Crippen LogP contribution in [0.25, 0.3) is 11.1 Å². The van der Waals surface area contributed by atoms with Crippen molar-refractivity contribution in [2.24, 2.45) is 0 Å². The van der Waals surface area contributed by atoms with Crippen molar-refractivity contribution in [1.82, 2.24) is 14.9 Å². The molecule has 7 nitrogen and oxygen atoms in total. The average Bonchev–Trinajstić information content (AvgIpc) is 3.32.